The summed E-state index contributed by atoms with van der Waals surface area (Å²) in [6.45, 7) is 9.45. The Morgan fingerprint density at radius 1 is 1.24 bits per heavy atom. The van der Waals surface area contributed by atoms with Gasteiger partial charge in [-0.1, -0.05) is 19.8 Å². The molecule has 0 radical (unpaired) electrons. The van der Waals surface area contributed by atoms with Gasteiger partial charge in [-0.3, -0.25) is 0 Å². The fourth-order valence-corrected chi connectivity index (χ4v) is 3.35. The lowest BCUT2D eigenvalue weighted by molar-refractivity contribution is 0.0524. The van der Waals surface area contributed by atoms with E-state index in [1.165, 1.54) is 25.7 Å². The number of ether oxygens (including phenoxy) is 2. The molecule has 4 nitrogen and oxygen atoms in total. The lowest BCUT2D eigenvalue weighted by Gasteiger charge is -2.43. The van der Waals surface area contributed by atoms with Crippen LogP contribution in [-0.4, -0.2) is 65.1 Å². The molecule has 0 saturated heterocycles. The average molecular weight is 300 g/mol. The van der Waals surface area contributed by atoms with Crippen LogP contribution in [0.1, 0.15) is 39.5 Å². The van der Waals surface area contributed by atoms with Crippen molar-refractivity contribution in [3.63, 3.8) is 0 Å². The standard InChI is InChI=1S/C17H36N2O2/c1-15-6-8-17(9-7-15,13-18-10-11-20-4)14-19(3)16(2)12-21-5/h15-16,18H,6-14H2,1-5H3. The molecule has 0 heterocycles. The molecule has 1 atom stereocenters. The number of hydrogen-bond acceptors (Lipinski definition) is 4. The zero-order chi connectivity index (χ0) is 15.7. The van der Waals surface area contributed by atoms with E-state index in [2.05, 4.69) is 31.1 Å². The fraction of sp³-hybridized carbons (Fsp3) is 1.00. The molecule has 4 heteroatoms. The van der Waals surface area contributed by atoms with Gasteiger partial charge in [-0.05, 0) is 38.1 Å². The molecular formula is C17H36N2O2. The van der Waals surface area contributed by atoms with Gasteiger partial charge in [-0.15, -0.1) is 0 Å². The maximum absolute atomic E-state index is 5.30. The predicted molar refractivity (Wildman–Crippen MR) is 88.8 cm³/mol. The van der Waals surface area contributed by atoms with E-state index < -0.39 is 0 Å². The van der Waals surface area contributed by atoms with Gasteiger partial charge in [0.15, 0.2) is 0 Å². The molecule has 1 aliphatic rings. The summed E-state index contributed by atoms with van der Waals surface area (Å²) in [5, 5.41) is 3.61. The van der Waals surface area contributed by atoms with Crippen LogP contribution in [0.5, 0.6) is 0 Å². The van der Waals surface area contributed by atoms with Gasteiger partial charge in [0.25, 0.3) is 0 Å². The van der Waals surface area contributed by atoms with Crippen LogP contribution in [-0.2, 0) is 9.47 Å². The number of hydrogen-bond donors (Lipinski definition) is 1. The molecule has 1 N–H and O–H groups in total. The molecule has 1 rings (SSSR count). The predicted octanol–water partition coefficient (Wildman–Crippen LogP) is 2.39. The molecule has 126 valence electrons. The van der Waals surface area contributed by atoms with Gasteiger partial charge in [0, 0.05) is 39.9 Å². The number of likely N-dealkylation sites (N-methyl/N-ethyl adjacent to an activating group) is 1. The highest BCUT2D eigenvalue weighted by atomic mass is 16.5. The molecule has 1 fully saturated rings. The zero-order valence-corrected chi connectivity index (χ0v) is 14.8. The molecule has 0 aromatic rings. The van der Waals surface area contributed by atoms with Crippen molar-refractivity contribution < 1.29 is 9.47 Å². The number of rotatable bonds is 10. The Hall–Kier alpha value is -0.160. The van der Waals surface area contributed by atoms with E-state index in [1.54, 1.807) is 14.2 Å². The van der Waals surface area contributed by atoms with Crippen LogP contribution in [0.15, 0.2) is 0 Å². The van der Waals surface area contributed by atoms with Crippen molar-refractivity contribution in [3.8, 4) is 0 Å². The zero-order valence-electron chi connectivity index (χ0n) is 14.8. The average Bonchev–Trinajstić information content (AvgIpc) is 2.47. The third kappa shape index (κ3) is 6.64. The first-order valence-corrected chi connectivity index (χ1v) is 8.42. The Balaban J connectivity index is 2.54. The Bertz CT molecular complexity index is 266. The minimum Gasteiger partial charge on any atom is -0.383 e. The topological polar surface area (TPSA) is 33.7 Å². The lowest BCUT2D eigenvalue weighted by atomic mass is 9.70. The van der Waals surface area contributed by atoms with E-state index in [0.29, 0.717) is 11.5 Å². The molecule has 0 aliphatic heterocycles. The lowest BCUT2D eigenvalue weighted by Crippen LogP contribution is -2.48. The van der Waals surface area contributed by atoms with Crippen LogP contribution in [0.3, 0.4) is 0 Å². The fourth-order valence-electron chi connectivity index (χ4n) is 3.35. The van der Waals surface area contributed by atoms with Gasteiger partial charge in [0.2, 0.25) is 0 Å². The monoisotopic (exact) mass is 300 g/mol. The van der Waals surface area contributed by atoms with Crippen LogP contribution in [0.4, 0.5) is 0 Å². The van der Waals surface area contributed by atoms with Crippen molar-refractivity contribution in [1.82, 2.24) is 10.2 Å². The summed E-state index contributed by atoms with van der Waals surface area (Å²) in [5.41, 5.74) is 0.414. The molecule has 0 aromatic heterocycles. The molecule has 0 bridgehead atoms. The van der Waals surface area contributed by atoms with Gasteiger partial charge >= 0.3 is 0 Å². The van der Waals surface area contributed by atoms with Gasteiger partial charge in [0.05, 0.1) is 13.2 Å². The highest BCUT2D eigenvalue weighted by molar-refractivity contribution is 4.89. The summed E-state index contributed by atoms with van der Waals surface area (Å²) in [7, 11) is 5.78. The minimum absolute atomic E-state index is 0.414. The maximum Gasteiger partial charge on any atom is 0.0615 e. The molecule has 1 saturated carbocycles. The summed E-state index contributed by atoms with van der Waals surface area (Å²) in [5.74, 6) is 0.888. The van der Waals surface area contributed by atoms with E-state index in [4.69, 9.17) is 9.47 Å². The van der Waals surface area contributed by atoms with Crippen molar-refractivity contribution >= 4 is 0 Å². The Morgan fingerprint density at radius 3 is 2.48 bits per heavy atom. The largest absolute Gasteiger partial charge is 0.383 e. The highest BCUT2D eigenvalue weighted by Gasteiger charge is 2.35. The van der Waals surface area contributed by atoms with Gasteiger partial charge in [-0.25, -0.2) is 0 Å². The van der Waals surface area contributed by atoms with Crippen LogP contribution in [0.2, 0.25) is 0 Å². The first-order chi connectivity index (χ1) is 10.0. The van der Waals surface area contributed by atoms with Crippen molar-refractivity contribution in [1.29, 1.82) is 0 Å². The minimum atomic E-state index is 0.414. The second-order valence-corrected chi connectivity index (χ2v) is 7.07. The van der Waals surface area contributed by atoms with Crippen LogP contribution >= 0.6 is 0 Å². The number of nitrogens with one attached hydrogen (secondary N) is 1. The second kappa shape index (κ2) is 9.78. The molecular weight excluding hydrogens is 264 g/mol. The van der Waals surface area contributed by atoms with Crippen LogP contribution < -0.4 is 5.32 Å². The van der Waals surface area contributed by atoms with Gasteiger partial charge in [0.1, 0.15) is 0 Å². The molecule has 0 amide bonds. The van der Waals surface area contributed by atoms with E-state index >= 15 is 0 Å². The summed E-state index contributed by atoms with van der Waals surface area (Å²) in [6, 6.07) is 0.477. The third-order valence-electron chi connectivity index (χ3n) is 5.06. The quantitative estimate of drug-likeness (QED) is 0.628. The molecule has 0 aromatic carbocycles. The molecule has 0 spiro atoms. The number of nitrogens with zero attached hydrogens (tertiary/aromatic N) is 1. The molecule has 1 unspecified atom stereocenters. The number of methoxy groups -OCH3 is 2. The van der Waals surface area contributed by atoms with Crippen LogP contribution in [0, 0.1) is 11.3 Å². The first-order valence-electron chi connectivity index (χ1n) is 8.42. The molecule has 21 heavy (non-hydrogen) atoms. The van der Waals surface area contributed by atoms with Crippen molar-refractivity contribution in [2.75, 3.05) is 54.1 Å². The maximum atomic E-state index is 5.30. The van der Waals surface area contributed by atoms with Gasteiger partial charge in [-0.2, -0.15) is 0 Å². The normalized spacial score (nSPS) is 28.0. The van der Waals surface area contributed by atoms with E-state index in [-0.39, 0.29) is 0 Å². The van der Waals surface area contributed by atoms with E-state index in [0.717, 1.165) is 38.8 Å². The second-order valence-electron chi connectivity index (χ2n) is 7.07. The first kappa shape index (κ1) is 18.9. The highest BCUT2D eigenvalue weighted by Crippen LogP contribution is 2.39. The van der Waals surface area contributed by atoms with Crippen molar-refractivity contribution in [2.24, 2.45) is 11.3 Å². The van der Waals surface area contributed by atoms with Crippen molar-refractivity contribution in [3.05, 3.63) is 0 Å². The Kier molecular flexibility index (Phi) is 8.79. The van der Waals surface area contributed by atoms with E-state index in [1.807, 2.05) is 0 Å². The smallest absolute Gasteiger partial charge is 0.0615 e. The van der Waals surface area contributed by atoms with E-state index in [9.17, 15) is 0 Å². The third-order valence-corrected chi connectivity index (χ3v) is 5.06. The Labute approximate surface area is 131 Å². The SMILES string of the molecule is COCCNCC1(CN(C)C(C)COC)CCC(C)CC1. The summed E-state index contributed by atoms with van der Waals surface area (Å²) in [4.78, 5) is 2.47. The summed E-state index contributed by atoms with van der Waals surface area (Å²) in [6.07, 6.45) is 5.38. The van der Waals surface area contributed by atoms with Gasteiger partial charge < -0.3 is 19.7 Å². The summed E-state index contributed by atoms with van der Waals surface area (Å²) >= 11 is 0. The van der Waals surface area contributed by atoms with Crippen molar-refractivity contribution in [2.45, 2.75) is 45.6 Å². The summed E-state index contributed by atoms with van der Waals surface area (Å²) < 4.78 is 10.4. The van der Waals surface area contributed by atoms with Crippen LogP contribution in [0.25, 0.3) is 0 Å². The molecule has 1 aliphatic carbocycles. The Morgan fingerprint density at radius 2 is 1.90 bits per heavy atom.